The lowest BCUT2D eigenvalue weighted by atomic mass is 9.97. The van der Waals surface area contributed by atoms with Crippen molar-refractivity contribution in [3.8, 4) is 0 Å². The van der Waals surface area contributed by atoms with Crippen LogP contribution in [0, 0.1) is 5.92 Å². The summed E-state index contributed by atoms with van der Waals surface area (Å²) in [5, 5.41) is 0. The van der Waals surface area contributed by atoms with Crippen LogP contribution >= 0.6 is 0 Å². The summed E-state index contributed by atoms with van der Waals surface area (Å²) in [4.78, 5) is 29.2. The van der Waals surface area contributed by atoms with E-state index >= 15 is 0 Å². The molecule has 0 spiro atoms. The van der Waals surface area contributed by atoms with Crippen LogP contribution < -0.4 is 9.80 Å². The normalized spacial score (nSPS) is 18.0. The van der Waals surface area contributed by atoms with E-state index in [9.17, 15) is 4.79 Å². The van der Waals surface area contributed by atoms with Crippen molar-refractivity contribution in [2.45, 2.75) is 12.8 Å². The molecule has 0 saturated carbocycles. The molecule has 2 aromatic rings. The molecule has 1 amide bonds. The fourth-order valence-electron chi connectivity index (χ4n) is 2.75. The third-order valence-electron chi connectivity index (χ3n) is 3.93. The monoisotopic (exact) mass is 297 g/mol. The van der Waals surface area contributed by atoms with Crippen molar-refractivity contribution in [2.24, 2.45) is 5.92 Å². The maximum atomic E-state index is 12.7. The minimum atomic E-state index is -0.0513. The van der Waals surface area contributed by atoms with Gasteiger partial charge < -0.3 is 4.90 Å². The van der Waals surface area contributed by atoms with Crippen LogP contribution in [-0.2, 0) is 4.79 Å². The third kappa shape index (κ3) is 3.05. The molecule has 3 rings (SSSR count). The van der Waals surface area contributed by atoms with Gasteiger partial charge in [0.1, 0.15) is 5.82 Å². The highest BCUT2D eigenvalue weighted by molar-refractivity contribution is 5.94. The Hall–Kier alpha value is -2.50. The van der Waals surface area contributed by atoms with Crippen molar-refractivity contribution in [1.82, 2.24) is 15.0 Å². The van der Waals surface area contributed by atoms with Crippen molar-refractivity contribution < 1.29 is 4.79 Å². The first kappa shape index (κ1) is 14.4. The lowest BCUT2D eigenvalue weighted by Gasteiger charge is -2.33. The molecule has 1 aliphatic heterocycles. The maximum Gasteiger partial charge on any atom is 0.232 e. The fourth-order valence-corrected chi connectivity index (χ4v) is 2.75. The van der Waals surface area contributed by atoms with Crippen LogP contribution in [0.4, 0.5) is 11.8 Å². The molecule has 1 fully saturated rings. The molecular formula is C16H19N5O. The second-order valence-corrected chi connectivity index (χ2v) is 5.42. The molecule has 6 heteroatoms. The van der Waals surface area contributed by atoms with Crippen LogP contribution in [0.5, 0.6) is 0 Å². The third-order valence-corrected chi connectivity index (χ3v) is 3.93. The summed E-state index contributed by atoms with van der Waals surface area (Å²) in [5.41, 5.74) is 0. The number of hydrogen-bond acceptors (Lipinski definition) is 5. The number of nitrogens with zero attached hydrogens (tertiary/aromatic N) is 5. The Morgan fingerprint density at radius 1 is 1.18 bits per heavy atom. The van der Waals surface area contributed by atoms with Gasteiger partial charge in [-0.15, -0.1) is 0 Å². The van der Waals surface area contributed by atoms with Gasteiger partial charge >= 0.3 is 0 Å². The number of anilines is 2. The van der Waals surface area contributed by atoms with Gasteiger partial charge in [0.25, 0.3) is 0 Å². The van der Waals surface area contributed by atoms with E-state index in [2.05, 4.69) is 19.9 Å². The first-order valence-corrected chi connectivity index (χ1v) is 7.46. The minimum Gasteiger partial charge on any atom is -0.340 e. The van der Waals surface area contributed by atoms with Gasteiger partial charge in [-0.05, 0) is 31.0 Å². The predicted octanol–water partition coefficient (Wildman–Crippen LogP) is 1.75. The fraction of sp³-hybridized carbons (Fsp3) is 0.375. The molecule has 0 aliphatic carbocycles. The SMILES string of the molecule is CN(C(=O)C1CCCN(c2ncccn2)C1)c1ccccn1. The highest BCUT2D eigenvalue weighted by atomic mass is 16.2. The van der Waals surface area contributed by atoms with Crippen molar-refractivity contribution in [2.75, 3.05) is 29.9 Å². The van der Waals surface area contributed by atoms with Gasteiger partial charge in [0.05, 0.1) is 5.92 Å². The zero-order valence-electron chi connectivity index (χ0n) is 12.6. The van der Waals surface area contributed by atoms with Gasteiger partial charge in [0.2, 0.25) is 11.9 Å². The molecule has 0 radical (unpaired) electrons. The van der Waals surface area contributed by atoms with Crippen molar-refractivity contribution in [1.29, 1.82) is 0 Å². The maximum absolute atomic E-state index is 12.7. The van der Waals surface area contributed by atoms with E-state index in [-0.39, 0.29) is 11.8 Å². The van der Waals surface area contributed by atoms with Gasteiger partial charge in [-0.2, -0.15) is 0 Å². The Morgan fingerprint density at radius 3 is 2.68 bits per heavy atom. The Labute approximate surface area is 129 Å². The van der Waals surface area contributed by atoms with Gasteiger partial charge in [0.15, 0.2) is 0 Å². The lowest BCUT2D eigenvalue weighted by molar-refractivity contribution is -0.122. The number of rotatable bonds is 3. The molecule has 1 unspecified atom stereocenters. The number of pyridine rings is 1. The quantitative estimate of drug-likeness (QED) is 0.863. The van der Waals surface area contributed by atoms with Crippen LogP contribution in [0.1, 0.15) is 12.8 Å². The first-order valence-electron chi connectivity index (χ1n) is 7.46. The molecule has 3 heterocycles. The number of carbonyl (C=O) groups excluding carboxylic acids is 1. The average molecular weight is 297 g/mol. The molecule has 1 saturated heterocycles. The summed E-state index contributed by atoms with van der Waals surface area (Å²) >= 11 is 0. The highest BCUT2D eigenvalue weighted by Gasteiger charge is 2.29. The number of aromatic nitrogens is 3. The largest absolute Gasteiger partial charge is 0.340 e. The van der Waals surface area contributed by atoms with Crippen molar-refractivity contribution in [3.63, 3.8) is 0 Å². The molecule has 6 nitrogen and oxygen atoms in total. The van der Waals surface area contributed by atoms with Crippen LogP contribution in [0.3, 0.4) is 0 Å². The minimum absolute atomic E-state index is 0.0513. The predicted molar refractivity (Wildman–Crippen MR) is 84.6 cm³/mol. The summed E-state index contributed by atoms with van der Waals surface area (Å²) in [6.07, 6.45) is 7.01. The second-order valence-electron chi connectivity index (χ2n) is 5.42. The molecule has 22 heavy (non-hydrogen) atoms. The Kier molecular flexibility index (Phi) is 4.27. The van der Waals surface area contributed by atoms with Gasteiger partial charge in [-0.3, -0.25) is 9.69 Å². The summed E-state index contributed by atoms with van der Waals surface area (Å²) in [6.45, 7) is 1.54. The van der Waals surface area contributed by atoms with Crippen LogP contribution in [0.2, 0.25) is 0 Å². The molecule has 0 bridgehead atoms. The van der Waals surface area contributed by atoms with Crippen molar-refractivity contribution >= 4 is 17.7 Å². The molecule has 0 N–H and O–H groups in total. The Bertz CT molecular complexity index is 619. The summed E-state index contributed by atoms with van der Waals surface area (Å²) in [6, 6.07) is 7.37. The number of amides is 1. The van der Waals surface area contributed by atoms with E-state index in [0.717, 1.165) is 19.4 Å². The highest BCUT2D eigenvalue weighted by Crippen LogP contribution is 2.22. The lowest BCUT2D eigenvalue weighted by Crippen LogP contribution is -2.44. The van der Waals surface area contributed by atoms with Gasteiger partial charge in [-0.25, -0.2) is 15.0 Å². The number of piperidine rings is 1. The molecule has 114 valence electrons. The van der Waals surface area contributed by atoms with E-state index in [1.165, 1.54) is 0 Å². The molecule has 1 atom stereocenters. The average Bonchev–Trinajstić information content (AvgIpc) is 2.62. The number of carbonyl (C=O) groups is 1. The Morgan fingerprint density at radius 2 is 1.95 bits per heavy atom. The van der Waals surface area contributed by atoms with E-state index in [4.69, 9.17) is 0 Å². The first-order chi connectivity index (χ1) is 10.8. The second kappa shape index (κ2) is 6.51. The zero-order chi connectivity index (χ0) is 15.4. The van der Waals surface area contributed by atoms with Crippen molar-refractivity contribution in [3.05, 3.63) is 42.9 Å². The summed E-state index contributed by atoms with van der Waals surface area (Å²) < 4.78 is 0. The van der Waals surface area contributed by atoms with Gasteiger partial charge in [-0.1, -0.05) is 6.07 Å². The van der Waals surface area contributed by atoms with Gasteiger partial charge in [0, 0.05) is 38.7 Å². The molecular weight excluding hydrogens is 278 g/mol. The topological polar surface area (TPSA) is 62.2 Å². The molecule has 0 aromatic carbocycles. The number of hydrogen-bond donors (Lipinski definition) is 0. The van der Waals surface area contributed by atoms with Crippen LogP contribution in [0.15, 0.2) is 42.9 Å². The molecule has 1 aliphatic rings. The standard InChI is InChI=1S/C16H19N5O/c1-20(14-7-2-3-8-17-14)15(22)13-6-4-11-21(12-13)16-18-9-5-10-19-16/h2-3,5,7-10,13H,4,6,11-12H2,1H3. The smallest absolute Gasteiger partial charge is 0.232 e. The molecule has 2 aromatic heterocycles. The summed E-state index contributed by atoms with van der Waals surface area (Å²) in [5.74, 6) is 1.42. The van der Waals surface area contributed by atoms with E-state index in [0.29, 0.717) is 18.3 Å². The van der Waals surface area contributed by atoms with Crippen LogP contribution in [-0.4, -0.2) is 41.0 Å². The van der Waals surface area contributed by atoms with E-state index in [1.54, 1.807) is 36.6 Å². The zero-order valence-corrected chi connectivity index (χ0v) is 12.6. The summed E-state index contributed by atoms with van der Waals surface area (Å²) in [7, 11) is 1.78. The van der Waals surface area contributed by atoms with Crippen LogP contribution in [0.25, 0.3) is 0 Å². The van der Waals surface area contributed by atoms with E-state index in [1.807, 2.05) is 18.2 Å². The Balaban J connectivity index is 1.70. The van der Waals surface area contributed by atoms with E-state index < -0.39 is 0 Å².